The lowest BCUT2D eigenvalue weighted by Gasteiger charge is -2.30. The van der Waals surface area contributed by atoms with Crippen molar-refractivity contribution < 1.29 is 26.6 Å². The Balaban J connectivity index is 4.86. The van der Waals surface area contributed by atoms with Crippen LogP contribution >= 0.6 is 31.4 Å². The van der Waals surface area contributed by atoms with Crippen LogP contribution in [-0.2, 0) is 26.6 Å². The van der Waals surface area contributed by atoms with Crippen molar-refractivity contribution >= 4 is 49.0 Å². The molecule has 0 N–H and O–H groups in total. The molecule has 0 fully saturated rings. The fraction of sp³-hybridized carbons (Fsp3) is 1.00. The van der Waals surface area contributed by atoms with Gasteiger partial charge in [-0.25, -0.2) is 0 Å². The second-order valence-electron chi connectivity index (χ2n) is 13.4. The zero-order valence-corrected chi connectivity index (χ0v) is 38.1. The van der Waals surface area contributed by atoms with E-state index in [4.69, 9.17) is 26.6 Å². The zero-order chi connectivity index (χ0) is 36.3. The summed E-state index contributed by atoms with van der Waals surface area (Å²) in [6, 6.07) is 1.90. The summed E-state index contributed by atoms with van der Waals surface area (Å²) in [6.45, 7) is 22.6. The van der Waals surface area contributed by atoms with Crippen LogP contribution in [-0.4, -0.2) is 67.8 Å². The molecule has 0 radical (unpaired) electrons. The van der Waals surface area contributed by atoms with Crippen molar-refractivity contribution in [1.29, 1.82) is 0 Å². The molecule has 2 atom stereocenters. The highest BCUT2D eigenvalue weighted by molar-refractivity contribution is 9.09. The van der Waals surface area contributed by atoms with Crippen LogP contribution < -0.4 is 0 Å². The average molecular weight is 787 g/mol. The highest BCUT2D eigenvalue weighted by atomic mass is 33.5. The average Bonchev–Trinajstić information content (AvgIpc) is 3.10. The highest BCUT2D eigenvalue weighted by Gasteiger charge is 2.41. The minimum Gasteiger partial charge on any atom is -0.373 e. The molecule has 296 valence electrons. The first-order chi connectivity index (χ1) is 23.9. The van der Waals surface area contributed by atoms with Crippen LogP contribution in [0.4, 0.5) is 0 Å². The highest BCUT2D eigenvalue weighted by Crippen LogP contribution is 2.44. The van der Waals surface area contributed by atoms with Crippen LogP contribution in [0.3, 0.4) is 0 Å². The summed E-state index contributed by atoms with van der Waals surface area (Å²) in [5.74, 6) is 0. The van der Waals surface area contributed by atoms with E-state index in [9.17, 15) is 0 Å². The molecule has 0 amide bonds. The maximum absolute atomic E-state index is 6.49. The lowest BCUT2D eigenvalue weighted by atomic mass is 10.2. The third-order valence-electron chi connectivity index (χ3n) is 8.70. The SMILES string of the molecule is CCCCO[Si](CCCCC(CC)SSSC(CC)CCCC[Si](OCCCC)(OCCCC)OCCCC)(OCCCC)OCCCC. The molecule has 0 rings (SSSR count). The van der Waals surface area contributed by atoms with Gasteiger partial charge in [0.1, 0.15) is 0 Å². The standard InChI is InChI=1S/C38H82O6S3Si2/c1-9-17-29-39-48(40-30-18-10-2,41-31-19-11-3)35-25-23-27-37(15-7)45-47-46-38(16-8)28-24-26-36-49(42-32-20-12-4,43-33-21-13-5)44-34-22-14-6/h37-38H,9-36H2,1-8H3. The molecule has 0 aliphatic rings. The predicted molar refractivity (Wildman–Crippen MR) is 225 cm³/mol. The number of hydrogen-bond acceptors (Lipinski definition) is 9. The number of unbranched alkanes of at least 4 members (excludes halogenated alkanes) is 8. The molecule has 49 heavy (non-hydrogen) atoms. The normalized spacial score (nSPS) is 13.7. The Labute approximate surface area is 320 Å². The van der Waals surface area contributed by atoms with Crippen LogP contribution in [0.5, 0.6) is 0 Å². The van der Waals surface area contributed by atoms with E-state index in [1.165, 1.54) is 38.5 Å². The van der Waals surface area contributed by atoms with Gasteiger partial charge in [-0.05, 0) is 86.9 Å². The van der Waals surface area contributed by atoms with Crippen molar-refractivity contribution in [3.05, 3.63) is 0 Å². The van der Waals surface area contributed by atoms with Crippen LogP contribution in [0, 0.1) is 0 Å². The molecular weight excluding hydrogens is 705 g/mol. The molecule has 11 heteroatoms. The van der Waals surface area contributed by atoms with Crippen molar-refractivity contribution in [2.75, 3.05) is 39.6 Å². The van der Waals surface area contributed by atoms with Gasteiger partial charge in [-0.2, -0.15) is 0 Å². The lowest BCUT2D eigenvalue weighted by molar-refractivity contribution is 0.0550. The van der Waals surface area contributed by atoms with Gasteiger partial charge >= 0.3 is 17.6 Å². The maximum Gasteiger partial charge on any atom is 0.500 e. The summed E-state index contributed by atoms with van der Waals surface area (Å²) >= 11 is 0. The Hall–Kier alpha value is 1.24. The van der Waals surface area contributed by atoms with E-state index in [0.29, 0.717) is 10.5 Å². The van der Waals surface area contributed by atoms with E-state index in [1.807, 2.05) is 9.83 Å². The summed E-state index contributed by atoms with van der Waals surface area (Å²) in [6.07, 6.45) is 22.8. The minimum atomic E-state index is -2.63. The number of hydrogen-bond donors (Lipinski definition) is 0. The Morgan fingerprint density at radius 2 is 0.633 bits per heavy atom. The Morgan fingerprint density at radius 1 is 0.367 bits per heavy atom. The summed E-state index contributed by atoms with van der Waals surface area (Å²) in [5.41, 5.74) is 0. The zero-order valence-electron chi connectivity index (χ0n) is 33.6. The molecule has 0 aromatic carbocycles. The van der Waals surface area contributed by atoms with E-state index in [2.05, 4.69) is 77.0 Å². The maximum atomic E-state index is 6.49. The molecule has 0 saturated carbocycles. The summed E-state index contributed by atoms with van der Waals surface area (Å²) in [4.78, 5) is 0. The molecule has 0 saturated heterocycles. The van der Waals surface area contributed by atoms with Crippen molar-refractivity contribution in [3.8, 4) is 0 Å². The second kappa shape index (κ2) is 36.2. The first kappa shape index (κ1) is 50.2. The predicted octanol–water partition coefficient (Wildman–Crippen LogP) is 13.7. The smallest absolute Gasteiger partial charge is 0.373 e. The van der Waals surface area contributed by atoms with Gasteiger partial charge < -0.3 is 26.6 Å². The lowest BCUT2D eigenvalue weighted by Crippen LogP contribution is -2.46. The van der Waals surface area contributed by atoms with E-state index in [-0.39, 0.29) is 0 Å². The first-order valence-corrected chi connectivity index (χ1v) is 28.2. The Kier molecular flexibility index (Phi) is 37.2. The summed E-state index contributed by atoms with van der Waals surface area (Å²) in [7, 11) is 0.967. The molecule has 0 aromatic heterocycles. The molecular formula is C38H82O6S3Si2. The monoisotopic (exact) mass is 786 g/mol. The van der Waals surface area contributed by atoms with Crippen LogP contribution in [0.2, 0.25) is 12.1 Å². The molecule has 0 aliphatic carbocycles. The van der Waals surface area contributed by atoms with Crippen molar-refractivity contribution in [2.45, 2.75) is 206 Å². The van der Waals surface area contributed by atoms with Gasteiger partial charge in [0.15, 0.2) is 0 Å². The van der Waals surface area contributed by atoms with Gasteiger partial charge in [0.25, 0.3) is 0 Å². The third-order valence-corrected chi connectivity index (χ3v) is 19.9. The molecule has 0 bridgehead atoms. The van der Waals surface area contributed by atoms with Gasteiger partial charge in [0.2, 0.25) is 0 Å². The fourth-order valence-corrected chi connectivity index (χ4v) is 16.3. The molecule has 0 heterocycles. The van der Waals surface area contributed by atoms with Gasteiger partial charge in [0.05, 0.1) is 0 Å². The van der Waals surface area contributed by atoms with E-state index >= 15 is 0 Å². The topological polar surface area (TPSA) is 55.4 Å². The van der Waals surface area contributed by atoms with Crippen LogP contribution in [0.15, 0.2) is 0 Å². The van der Waals surface area contributed by atoms with Gasteiger partial charge in [-0.3, -0.25) is 0 Å². The van der Waals surface area contributed by atoms with E-state index < -0.39 is 17.6 Å². The molecule has 0 aromatic rings. The fourth-order valence-electron chi connectivity index (χ4n) is 5.12. The van der Waals surface area contributed by atoms with Crippen molar-refractivity contribution in [3.63, 3.8) is 0 Å². The molecule has 6 nitrogen and oxygen atoms in total. The van der Waals surface area contributed by atoms with Crippen molar-refractivity contribution in [2.24, 2.45) is 0 Å². The first-order valence-electron chi connectivity index (χ1n) is 20.8. The van der Waals surface area contributed by atoms with Crippen molar-refractivity contribution in [1.82, 2.24) is 0 Å². The Morgan fingerprint density at radius 3 is 0.857 bits per heavy atom. The largest absolute Gasteiger partial charge is 0.500 e. The quantitative estimate of drug-likeness (QED) is 0.0343. The molecule has 2 unspecified atom stereocenters. The van der Waals surface area contributed by atoms with E-state index in [0.717, 1.165) is 142 Å². The van der Waals surface area contributed by atoms with E-state index in [1.54, 1.807) is 0 Å². The van der Waals surface area contributed by atoms with Gasteiger partial charge in [-0.1, -0.05) is 128 Å². The number of rotatable bonds is 40. The summed E-state index contributed by atoms with van der Waals surface area (Å²) in [5, 5.41) is 1.36. The third kappa shape index (κ3) is 27.5. The van der Waals surface area contributed by atoms with Gasteiger partial charge in [-0.15, -0.1) is 0 Å². The van der Waals surface area contributed by atoms with Gasteiger partial charge in [0, 0.05) is 62.2 Å². The Bertz CT molecular complexity index is 578. The van der Waals surface area contributed by atoms with Crippen LogP contribution in [0.25, 0.3) is 0 Å². The minimum absolute atomic E-state index is 0.682. The molecule has 0 aliphatic heterocycles. The van der Waals surface area contributed by atoms with Crippen LogP contribution in [0.1, 0.15) is 184 Å². The second-order valence-corrected chi connectivity index (χ2v) is 23.5. The molecule has 0 spiro atoms. The summed E-state index contributed by atoms with van der Waals surface area (Å²) < 4.78 is 38.9.